The smallest absolute Gasteiger partial charge is 0.404 e. The van der Waals surface area contributed by atoms with Gasteiger partial charge in [-0.1, -0.05) is 0 Å². The van der Waals surface area contributed by atoms with Gasteiger partial charge in [0.2, 0.25) is 0 Å². The molecule has 3 N–H and O–H groups in total. The van der Waals surface area contributed by atoms with E-state index in [-0.39, 0.29) is 23.1 Å². The fourth-order valence-corrected chi connectivity index (χ4v) is 3.38. The van der Waals surface area contributed by atoms with E-state index in [2.05, 4.69) is 31.2 Å². The van der Waals surface area contributed by atoms with Crippen LogP contribution in [0.3, 0.4) is 0 Å². The monoisotopic (exact) mass is 374 g/mol. The highest BCUT2D eigenvalue weighted by molar-refractivity contribution is 5.64. The zero-order valence-corrected chi connectivity index (χ0v) is 16.1. The highest BCUT2D eigenvalue weighted by atomic mass is 16.6. The van der Waals surface area contributed by atoms with Crippen LogP contribution in [0.2, 0.25) is 0 Å². The van der Waals surface area contributed by atoms with Gasteiger partial charge in [-0.15, -0.1) is 0 Å². The summed E-state index contributed by atoms with van der Waals surface area (Å²) in [7, 11) is 1.61. The molecular formula is C18H26N6O3. The van der Waals surface area contributed by atoms with Crippen molar-refractivity contribution in [3.63, 3.8) is 0 Å². The lowest BCUT2D eigenvalue weighted by Gasteiger charge is -2.22. The Kier molecular flexibility index (Phi) is 4.95. The zero-order valence-electron chi connectivity index (χ0n) is 16.1. The largest absolute Gasteiger partial charge is 0.446 e. The molecule has 3 rings (SSSR count). The third-order valence-electron chi connectivity index (χ3n) is 4.67. The maximum atomic E-state index is 11.5. The summed E-state index contributed by atoms with van der Waals surface area (Å²) in [4.78, 5) is 22.5. The lowest BCUT2D eigenvalue weighted by molar-refractivity contribution is 0.109. The standard InChI is InChI=1S/C18H26N6O3/c1-18(2,3)24-15(20-14-7-8-16(25)23(4)22-14)10-13(21-24)11-5-6-12(9-11)27-17(19)26/h7-8,10-12H,5-6,9H2,1-4H3,(H2,19,26)(H,20,22)/t11-,12?/m0/s1. The molecule has 1 amide bonds. The highest BCUT2D eigenvalue weighted by Gasteiger charge is 2.31. The van der Waals surface area contributed by atoms with Crippen LogP contribution in [-0.2, 0) is 17.3 Å². The van der Waals surface area contributed by atoms with Gasteiger partial charge >= 0.3 is 6.09 Å². The molecule has 0 aromatic carbocycles. The van der Waals surface area contributed by atoms with Gasteiger partial charge in [-0.25, -0.2) is 14.2 Å². The predicted octanol–water partition coefficient (Wildman–Crippen LogP) is 2.21. The number of hydrogen-bond donors (Lipinski definition) is 2. The molecule has 27 heavy (non-hydrogen) atoms. The summed E-state index contributed by atoms with van der Waals surface area (Å²) in [5, 5.41) is 12.3. The quantitative estimate of drug-likeness (QED) is 0.847. The van der Waals surface area contributed by atoms with Crippen molar-refractivity contribution in [2.45, 2.75) is 57.6 Å². The van der Waals surface area contributed by atoms with Gasteiger partial charge in [0.05, 0.1) is 11.2 Å². The Labute approximate surface area is 157 Å². The lowest BCUT2D eigenvalue weighted by atomic mass is 10.0. The second kappa shape index (κ2) is 7.05. The van der Waals surface area contributed by atoms with E-state index in [1.807, 2.05) is 10.7 Å². The number of amides is 1. The number of hydrogen-bond acceptors (Lipinski definition) is 6. The second-order valence-electron chi connectivity index (χ2n) is 7.91. The van der Waals surface area contributed by atoms with Gasteiger partial charge in [-0.05, 0) is 46.1 Å². The average Bonchev–Trinajstić information content (AvgIpc) is 3.17. The van der Waals surface area contributed by atoms with Crippen molar-refractivity contribution >= 4 is 17.7 Å². The Morgan fingerprint density at radius 2 is 2.04 bits per heavy atom. The Hall–Kier alpha value is -2.84. The summed E-state index contributed by atoms with van der Waals surface area (Å²) in [6, 6.07) is 5.11. The van der Waals surface area contributed by atoms with Crippen LogP contribution in [0, 0.1) is 0 Å². The van der Waals surface area contributed by atoms with Gasteiger partial charge in [0.15, 0.2) is 5.82 Å². The minimum atomic E-state index is -0.732. The first-order valence-electron chi connectivity index (χ1n) is 9.01. The van der Waals surface area contributed by atoms with Crippen LogP contribution in [0.4, 0.5) is 16.4 Å². The van der Waals surface area contributed by atoms with Crippen molar-refractivity contribution in [3.8, 4) is 0 Å². The number of nitrogens with two attached hydrogens (primary N) is 1. The zero-order chi connectivity index (χ0) is 19.8. The van der Waals surface area contributed by atoms with E-state index in [0.717, 1.165) is 24.4 Å². The molecule has 2 atom stereocenters. The van der Waals surface area contributed by atoms with E-state index < -0.39 is 6.09 Å². The maximum absolute atomic E-state index is 11.5. The van der Waals surface area contributed by atoms with Crippen molar-refractivity contribution < 1.29 is 9.53 Å². The molecular weight excluding hydrogens is 348 g/mol. The molecule has 1 unspecified atom stereocenters. The van der Waals surface area contributed by atoms with Crippen LogP contribution >= 0.6 is 0 Å². The second-order valence-corrected chi connectivity index (χ2v) is 7.91. The number of primary amides is 1. The topological polar surface area (TPSA) is 117 Å². The molecule has 0 aliphatic heterocycles. The molecule has 0 bridgehead atoms. The summed E-state index contributed by atoms with van der Waals surface area (Å²) >= 11 is 0. The highest BCUT2D eigenvalue weighted by Crippen LogP contribution is 2.37. The van der Waals surface area contributed by atoms with Crippen molar-refractivity contribution in [3.05, 3.63) is 34.2 Å². The number of aryl methyl sites for hydroxylation is 1. The van der Waals surface area contributed by atoms with Crippen LogP contribution in [-0.4, -0.2) is 31.8 Å². The molecule has 9 heteroatoms. The van der Waals surface area contributed by atoms with E-state index >= 15 is 0 Å². The van der Waals surface area contributed by atoms with E-state index in [1.54, 1.807) is 13.1 Å². The first-order chi connectivity index (χ1) is 12.6. The number of nitrogens with zero attached hydrogens (tertiary/aromatic N) is 4. The van der Waals surface area contributed by atoms with Crippen molar-refractivity contribution in [2.75, 3.05) is 5.32 Å². The molecule has 0 spiro atoms. The summed E-state index contributed by atoms with van der Waals surface area (Å²) in [5.74, 6) is 1.56. The SMILES string of the molecule is Cn1nc(Nc2cc([C@H]3CCC(OC(N)=O)C3)nn2C(C)(C)C)ccc1=O. The normalized spacial score (nSPS) is 19.9. The van der Waals surface area contributed by atoms with E-state index in [9.17, 15) is 9.59 Å². The van der Waals surface area contributed by atoms with Gasteiger partial charge in [-0.3, -0.25) is 4.79 Å². The third kappa shape index (κ3) is 4.29. The van der Waals surface area contributed by atoms with Crippen molar-refractivity contribution in [2.24, 2.45) is 12.8 Å². The van der Waals surface area contributed by atoms with E-state index in [4.69, 9.17) is 15.6 Å². The van der Waals surface area contributed by atoms with Crippen LogP contribution < -0.4 is 16.6 Å². The Morgan fingerprint density at radius 3 is 2.67 bits per heavy atom. The van der Waals surface area contributed by atoms with Gasteiger partial charge in [0.1, 0.15) is 11.9 Å². The summed E-state index contributed by atoms with van der Waals surface area (Å²) in [6.45, 7) is 6.20. The van der Waals surface area contributed by atoms with Crippen LogP contribution in [0.25, 0.3) is 0 Å². The minimum absolute atomic E-state index is 0.158. The molecule has 2 aromatic heterocycles. The number of nitrogens with one attached hydrogen (secondary N) is 1. The molecule has 1 aliphatic rings. The molecule has 0 radical (unpaired) electrons. The number of rotatable bonds is 4. The number of anilines is 2. The van der Waals surface area contributed by atoms with E-state index in [1.165, 1.54) is 10.7 Å². The van der Waals surface area contributed by atoms with Gasteiger partial charge < -0.3 is 15.8 Å². The predicted molar refractivity (Wildman–Crippen MR) is 101 cm³/mol. The maximum Gasteiger partial charge on any atom is 0.404 e. The van der Waals surface area contributed by atoms with E-state index in [0.29, 0.717) is 12.2 Å². The fraction of sp³-hybridized carbons (Fsp3) is 0.556. The minimum Gasteiger partial charge on any atom is -0.446 e. The molecule has 2 aromatic rings. The number of ether oxygens (including phenoxy) is 1. The molecule has 1 saturated carbocycles. The fourth-order valence-electron chi connectivity index (χ4n) is 3.38. The Balaban J connectivity index is 1.86. The molecule has 0 saturated heterocycles. The average molecular weight is 374 g/mol. The molecule has 1 aliphatic carbocycles. The third-order valence-corrected chi connectivity index (χ3v) is 4.67. The lowest BCUT2D eigenvalue weighted by Crippen LogP contribution is -2.25. The van der Waals surface area contributed by atoms with Crippen LogP contribution in [0.15, 0.2) is 23.0 Å². The summed E-state index contributed by atoms with van der Waals surface area (Å²) in [6.07, 6.45) is 1.48. The Morgan fingerprint density at radius 1 is 1.30 bits per heavy atom. The number of aromatic nitrogens is 4. The number of carbonyl (C=O) groups excluding carboxylic acids is 1. The number of carbonyl (C=O) groups is 1. The molecule has 9 nitrogen and oxygen atoms in total. The molecule has 2 heterocycles. The molecule has 146 valence electrons. The summed E-state index contributed by atoms with van der Waals surface area (Å²) < 4.78 is 8.33. The summed E-state index contributed by atoms with van der Waals surface area (Å²) in [5.41, 5.74) is 5.65. The van der Waals surface area contributed by atoms with Crippen LogP contribution in [0.5, 0.6) is 0 Å². The first-order valence-corrected chi connectivity index (χ1v) is 9.01. The van der Waals surface area contributed by atoms with Crippen molar-refractivity contribution in [1.82, 2.24) is 19.6 Å². The molecule has 1 fully saturated rings. The van der Waals surface area contributed by atoms with Gasteiger partial charge in [0.25, 0.3) is 5.56 Å². The Bertz CT molecular complexity index is 895. The van der Waals surface area contributed by atoms with Crippen molar-refractivity contribution in [1.29, 1.82) is 0 Å². The first kappa shape index (κ1) is 18.9. The van der Waals surface area contributed by atoms with Crippen LogP contribution in [0.1, 0.15) is 51.6 Å². The van der Waals surface area contributed by atoms with Gasteiger partial charge in [-0.2, -0.15) is 10.2 Å². The van der Waals surface area contributed by atoms with Gasteiger partial charge in [0, 0.05) is 25.1 Å².